The topological polar surface area (TPSA) is 40.7 Å². The fraction of sp³-hybridized carbons (Fsp3) is 0.133. The molecule has 0 radical (unpaired) electrons. The van der Waals surface area contributed by atoms with Gasteiger partial charge < -0.3 is 5.32 Å². The molecule has 2 N–H and O–H groups in total. The van der Waals surface area contributed by atoms with Crippen molar-refractivity contribution in [3.63, 3.8) is 0 Å². The summed E-state index contributed by atoms with van der Waals surface area (Å²) in [6.45, 7) is 1.72. The Bertz CT molecular complexity index is 614. The number of aromatic nitrogens is 2. The summed E-state index contributed by atoms with van der Waals surface area (Å²) in [5.74, 6) is 0. The fourth-order valence-corrected chi connectivity index (χ4v) is 2.71. The van der Waals surface area contributed by atoms with E-state index < -0.39 is 0 Å². The van der Waals surface area contributed by atoms with E-state index in [1.807, 2.05) is 24.4 Å². The first kappa shape index (κ1) is 12.1. The summed E-state index contributed by atoms with van der Waals surface area (Å²) in [5, 5.41) is 12.8. The highest BCUT2D eigenvalue weighted by molar-refractivity contribution is 7.09. The van der Waals surface area contributed by atoms with Crippen molar-refractivity contribution in [3.8, 4) is 11.3 Å². The van der Waals surface area contributed by atoms with Gasteiger partial charge in [0.2, 0.25) is 0 Å². The number of thiophene rings is 1. The molecule has 3 aromatic rings. The van der Waals surface area contributed by atoms with Gasteiger partial charge in [-0.2, -0.15) is 5.10 Å². The molecule has 0 unspecified atom stereocenters. The lowest BCUT2D eigenvalue weighted by Crippen LogP contribution is -2.11. The van der Waals surface area contributed by atoms with Crippen molar-refractivity contribution in [2.75, 3.05) is 0 Å². The van der Waals surface area contributed by atoms with Crippen LogP contribution in [0.2, 0.25) is 0 Å². The second kappa shape index (κ2) is 5.82. The number of rotatable bonds is 5. The van der Waals surface area contributed by atoms with Crippen molar-refractivity contribution in [3.05, 3.63) is 64.5 Å². The SMILES string of the molecule is c1ccc(-c2[nH]ncc2CNCc2cccs2)cc1. The molecule has 0 saturated heterocycles. The summed E-state index contributed by atoms with van der Waals surface area (Å²) in [6.07, 6.45) is 1.89. The molecule has 0 saturated carbocycles. The molecule has 19 heavy (non-hydrogen) atoms. The Kier molecular flexibility index (Phi) is 3.72. The average Bonchev–Trinajstić information content (AvgIpc) is 3.11. The minimum absolute atomic E-state index is 0.818. The van der Waals surface area contributed by atoms with E-state index in [0.717, 1.165) is 18.8 Å². The Hall–Kier alpha value is -1.91. The van der Waals surface area contributed by atoms with Crippen molar-refractivity contribution in [1.29, 1.82) is 0 Å². The van der Waals surface area contributed by atoms with Gasteiger partial charge in [0.25, 0.3) is 0 Å². The predicted molar refractivity (Wildman–Crippen MR) is 78.9 cm³/mol. The Balaban J connectivity index is 1.67. The molecule has 2 aromatic heterocycles. The maximum Gasteiger partial charge on any atom is 0.0695 e. The summed E-state index contributed by atoms with van der Waals surface area (Å²) >= 11 is 1.77. The average molecular weight is 269 g/mol. The van der Waals surface area contributed by atoms with Crippen LogP contribution in [-0.2, 0) is 13.1 Å². The summed E-state index contributed by atoms with van der Waals surface area (Å²) in [7, 11) is 0. The van der Waals surface area contributed by atoms with Gasteiger partial charge in [0.15, 0.2) is 0 Å². The lowest BCUT2D eigenvalue weighted by molar-refractivity contribution is 0.702. The number of nitrogens with one attached hydrogen (secondary N) is 2. The fourth-order valence-electron chi connectivity index (χ4n) is 2.03. The highest BCUT2D eigenvalue weighted by Gasteiger charge is 2.06. The lowest BCUT2D eigenvalue weighted by Gasteiger charge is -2.04. The van der Waals surface area contributed by atoms with Gasteiger partial charge >= 0.3 is 0 Å². The summed E-state index contributed by atoms with van der Waals surface area (Å²) < 4.78 is 0. The lowest BCUT2D eigenvalue weighted by atomic mass is 10.1. The monoisotopic (exact) mass is 269 g/mol. The van der Waals surface area contributed by atoms with Crippen LogP contribution >= 0.6 is 11.3 Å². The Morgan fingerprint density at radius 3 is 2.74 bits per heavy atom. The van der Waals surface area contributed by atoms with Crippen LogP contribution in [0.4, 0.5) is 0 Å². The summed E-state index contributed by atoms with van der Waals surface area (Å²) in [5.41, 5.74) is 3.47. The molecule has 3 nitrogen and oxygen atoms in total. The quantitative estimate of drug-likeness (QED) is 0.745. The van der Waals surface area contributed by atoms with Crippen LogP contribution in [0.15, 0.2) is 54.0 Å². The predicted octanol–water partition coefficient (Wildman–Crippen LogP) is 3.43. The molecule has 0 aliphatic heterocycles. The van der Waals surface area contributed by atoms with Gasteiger partial charge in [0.05, 0.1) is 11.9 Å². The zero-order valence-electron chi connectivity index (χ0n) is 10.5. The van der Waals surface area contributed by atoms with Crippen LogP contribution in [0.25, 0.3) is 11.3 Å². The summed E-state index contributed by atoms with van der Waals surface area (Å²) in [6, 6.07) is 14.5. The molecule has 0 fully saturated rings. The van der Waals surface area contributed by atoms with Crippen LogP contribution in [-0.4, -0.2) is 10.2 Å². The van der Waals surface area contributed by atoms with E-state index in [9.17, 15) is 0 Å². The van der Waals surface area contributed by atoms with Crippen molar-refractivity contribution in [1.82, 2.24) is 15.5 Å². The van der Waals surface area contributed by atoms with Crippen LogP contribution in [0.5, 0.6) is 0 Å². The van der Waals surface area contributed by atoms with Gasteiger partial charge in [-0.05, 0) is 17.0 Å². The first-order valence-corrected chi connectivity index (χ1v) is 7.12. The third-order valence-corrected chi connectivity index (χ3v) is 3.85. The van der Waals surface area contributed by atoms with E-state index in [-0.39, 0.29) is 0 Å². The van der Waals surface area contributed by atoms with Crippen LogP contribution in [0.3, 0.4) is 0 Å². The molecule has 0 bridgehead atoms. The minimum atomic E-state index is 0.818. The zero-order valence-corrected chi connectivity index (χ0v) is 11.3. The first-order chi connectivity index (χ1) is 9.43. The van der Waals surface area contributed by atoms with Crippen LogP contribution in [0.1, 0.15) is 10.4 Å². The molecule has 0 aliphatic carbocycles. The van der Waals surface area contributed by atoms with Crippen LogP contribution < -0.4 is 5.32 Å². The largest absolute Gasteiger partial charge is 0.308 e. The number of hydrogen-bond acceptors (Lipinski definition) is 3. The number of nitrogens with zero attached hydrogens (tertiary/aromatic N) is 1. The van der Waals surface area contributed by atoms with E-state index in [2.05, 4.69) is 45.2 Å². The van der Waals surface area contributed by atoms with E-state index in [1.165, 1.54) is 16.0 Å². The third-order valence-electron chi connectivity index (χ3n) is 2.98. The van der Waals surface area contributed by atoms with Gasteiger partial charge in [0.1, 0.15) is 0 Å². The van der Waals surface area contributed by atoms with Gasteiger partial charge in [-0.3, -0.25) is 5.10 Å². The highest BCUT2D eigenvalue weighted by atomic mass is 32.1. The van der Waals surface area contributed by atoms with Gasteiger partial charge in [-0.15, -0.1) is 11.3 Å². The van der Waals surface area contributed by atoms with Crippen molar-refractivity contribution in [2.45, 2.75) is 13.1 Å². The number of hydrogen-bond donors (Lipinski definition) is 2. The maximum absolute atomic E-state index is 4.15. The summed E-state index contributed by atoms with van der Waals surface area (Å²) in [4.78, 5) is 1.35. The zero-order chi connectivity index (χ0) is 12.9. The molecule has 1 aromatic carbocycles. The Labute approximate surface area is 116 Å². The Morgan fingerprint density at radius 1 is 1.05 bits per heavy atom. The van der Waals surface area contributed by atoms with E-state index in [4.69, 9.17) is 0 Å². The second-order valence-electron chi connectivity index (χ2n) is 4.32. The molecule has 2 heterocycles. The highest BCUT2D eigenvalue weighted by Crippen LogP contribution is 2.20. The molecule has 3 rings (SSSR count). The third kappa shape index (κ3) is 2.92. The molecular weight excluding hydrogens is 254 g/mol. The molecule has 0 atom stereocenters. The normalized spacial score (nSPS) is 10.7. The number of H-pyrrole nitrogens is 1. The molecule has 0 amide bonds. The van der Waals surface area contributed by atoms with Gasteiger partial charge in [0, 0.05) is 23.5 Å². The first-order valence-electron chi connectivity index (χ1n) is 6.24. The van der Waals surface area contributed by atoms with Crippen molar-refractivity contribution >= 4 is 11.3 Å². The van der Waals surface area contributed by atoms with Crippen LogP contribution in [0, 0.1) is 0 Å². The Morgan fingerprint density at radius 2 is 1.95 bits per heavy atom. The number of benzene rings is 1. The smallest absolute Gasteiger partial charge is 0.0695 e. The van der Waals surface area contributed by atoms with Crippen molar-refractivity contribution in [2.24, 2.45) is 0 Å². The molecule has 4 heteroatoms. The minimum Gasteiger partial charge on any atom is -0.308 e. The number of aromatic amines is 1. The van der Waals surface area contributed by atoms with E-state index in [0.29, 0.717) is 0 Å². The maximum atomic E-state index is 4.15. The van der Waals surface area contributed by atoms with E-state index in [1.54, 1.807) is 11.3 Å². The molecule has 0 aliphatic rings. The second-order valence-corrected chi connectivity index (χ2v) is 5.35. The standard InChI is InChI=1S/C15H15N3S/c1-2-5-12(6-3-1)15-13(10-17-18-15)9-16-11-14-7-4-8-19-14/h1-8,10,16H,9,11H2,(H,17,18). The van der Waals surface area contributed by atoms with Gasteiger partial charge in [-0.1, -0.05) is 36.4 Å². The molecular formula is C15H15N3S. The van der Waals surface area contributed by atoms with Gasteiger partial charge in [-0.25, -0.2) is 0 Å². The van der Waals surface area contributed by atoms with E-state index >= 15 is 0 Å². The molecule has 96 valence electrons. The molecule has 0 spiro atoms. The van der Waals surface area contributed by atoms with Crippen molar-refractivity contribution < 1.29 is 0 Å².